The van der Waals surface area contributed by atoms with E-state index in [1.54, 1.807) is 4.90 Å². The number of likely N-dealkylation sites (tertiary alicyclic amines) is 1. The normalized spacial score (nSPS) is 19.0. The number of nitrogens with zero attached hydrogens (tertiary/aromatic N) is 4. The largest absolute Gasteiger partial charge is 0.418 e. The quantitative estimate of drug-likeness (QED) is 0.339. The summed E-state index contributed by atoms with van der Waals surface area (Å²) in [5.74, 6) is -0.0225. The minimum absolute atomic E-state index is 0.0225. The number of carbonyl (C=O) groups is 3. The maximum absolute atomic E-state index is 12.8. The van der Waals surface area contributed by atoms with Gasteiger partial charge in [-0.3, -0.25) is 9.69 Å². The van der Waals surface area contributed by atoms with E-state index >= 15 is 0 Å². The first-order valence-electron chi connectivity index (χ1n) is 17.8. The Hall–Kier alpha value is -3.75. The number of aryl methyl sites for hydroxylation is 1. The van der Waals surface area contributed by atoms with E-state index in [1.807, 2.05) is 41.8 Å². The SMILES string of the molecule is CC.Cc1cc(Cl)c(N)c(C(F)(F)F)c1.O=C(CNC(=O)N1CCC(N2CCc3ccccc3NC2=O)CC1)N1CCN(C2CCOCC2)CC1. The minimum atomic E-state index is -4.44. The van der Waals surface area contributed by atoms with Crippen molar-refractivity contribution >= 4 is 40.9 Å². The number of alkyl halides is 3. The summed E-state index contributed by atoms with van der Waals surface area (Å²) in [6.07, 6.45) is -0.0209. The van der Waals surface area contributed by atoms with Crippen molar-refractivity contribution in [1.82, 2.24) is 24.9 Å². The summed E-state index contributed by atoms with van der Waals surface area (Å²) in [6, 6.07) is 10.7. The van der Waals surface area contributed by atoms with E-state index in [0.29, 0.717) is 44.3 Å². The van der Waals surface area contributed by atoms with Crippen LogP contribution in [0.25, 0.3) is 0 Å². The lowest BCUT2D eigenvalue weighted by molar-refractivity contribution is -0.137. The highest BCUT2D eigenvalue weighted by Crippen LogP contribution is 2.37. The number of benzene rings is 2. The number of amides is 5. The summed E-state index contributed by atoms with van der Waals surface area (Å²) in [5, 5.41) is 5.79. The smallest absolute Gasteiger partial charge is 0.397 e. The lowest BCUT2D eigenvalue weighted by Gasteiger charge is -2.40. The Morgan fingerprint density at radius 1 is 0.941 bits per heavy atom. The molecular formula is C36H51ClF3N7O4. The van der Waals surface area contributed by atoms with Crippen LogP contribution in [0.3, 0.4) is 0 Å². The van der Waals surface area contributed by atoms with E-state index in [1.165, 1.54) is 13.0 Å². The molecule has 3 fully saturated rings. The fourth-order valence-electron chi connectivity index (χ4n) is 6.87. The van der Waals surface area contributed by atoms with Crippen molar-refractivity contribution in [2.75, 3.05) is 76.6 Å². The molecule has 0 aliphatic carbocycles. The van der Waals surface area contributed by atoms with Gasteiger partial charge in [-0.05, 0) is 68.4 Å². The van der Waals surface area contributed by atoms with Gasteiger partial charge in [-0.1, -0.05) is 43.6 Å². The molecule has 2 aromatic rings. The lowest BCUT2D eigenvalue weighted by atomic mass is 10.0. The van der Waals surface area contributed by atoms with Gasteiger partial charge in [0.05, 0.1) is 22.8 Å². The van der Waals surface area contributed by atoms with Gasteiger partial charge in [0, 0.05) is 76.8 Å². The fourth-order valence-corrected chi connectivity index (χ4v) is 7.14. The average Bonchev–Trinajstić information content (AvgIpc) is 3.31. The van der Waals surface area contributed by atoms with E-state index in [9.17, 15) is 27.6 Å². The van der Waals surface area contributed by atoms with Crippen molar-refractivity contribution < 1.29 is 32.3 Å². The number of rotatable bonds is 4. The number of nitrogens with two attached hydrogens (primary N) is 1. The second-order valence-corrected chi connectivity index (χ2v) is 13.3. The Balaban J connectivity index is 0.000000327. The number of fused-ring (bicyclic) bond motifs is 1. The van der Waals surface area contributed by atoms with Crippen LogP contribution >= 0.6 is 11.6 Å². The second kappa shape index (κ2) is 18.7. The number of nitrogens with one attached hydrogen (secondary N) is 2. The molecule has 0 spiro atoms. The zero-order valence-corrected chi connectivity index (χ0v) is 30.5. The molecule has 0 aromatic heterocycles. The van der Waals surface area contributed by atoms with Crippen LogP contribution in [0.15, 0.2) is 36.4 Å². The number of anilines is 2. The molecule has 2 aromatic carbocycles. The molecule has 4 aliphatic rings. The summed E-state index contributed by atoms with van der Waals surface area (Å²) < 4.78 is 42.3. The molecule has 0 radical (unpaired) electrons. The van der Waals surface area contributed by atoms with Crippen LogP contribution in [0, 0.1) is 6.92 Å². The third kappa shape index (κ3) is 10.9. The highest BCUT2D eigenvalue weighted by atomic mass is 35.5. The molecule has 0 unspecified atom stereocenters. The van der Waals surface area contributed by atoms with Crippen LogP contribution in [-0.2, 0) is 22.1 Å². The van der Waals surface area contributed by atoms with Gasteiger partial charge in [-0.15, -0.1) is 0 Å². The van der Waals surface area contributed by atoms with Crippen molar-refractivity contribution in [3.8, 4) is 0 Å². The average molecular weight is 738 g/mol. The summed E-state index contributed by atoms with van der Waals surface area (Å²) in [5.41, 5.74) is 6.37. The molecule has 4 N–H and O–H groups in total. The van der Waals surface area contributed by atoms with Crippen LogP contribution in [-0.4, -0.2) is 115 Å². The minimum Gasteiger partial charge on any atom is -0.397 e. The second-order valence-electron chi connectivity index (χ2n) is 12.9. The Kier molecular flexibility index (Phi) is 14.6. The van der Waals surface area contributed by atoms with E-state index in [2.05, 4.69) is 21.6 Å². The zero-order valence-electron chi connectivity index (χ0n) is 29.7. The number of para-hydroxylation sites is 1. The van der Waals surface area contributed by atoms with Crippen LogP contribution in [0.4, 0.5) is 34.1 Å². The molecule has 11 nitrogen and oxygen atoms in total. The van der Waals surface area contributed by atoms with Crippen LogP contribution in [0.1, 0.15) is 56.2 Å². The number of hydrogen-bond acceptors (Lipinski definition) is 6. The lowest BCUT2D eigenvalue weighted by Crippen LogP contribution is -2.55. The Morgan fingerprint density at radius 3 is 2.24 bits per heavy atom. The molecule has 0 bridgehead atoms. The van der Waals surface area contributed by atoms with Gasteiger partial charge >= 0.3 is 18.2 Å². The van der Waals surface area contributed by atoms with Gasteiger partial charge in [0.25, 0.3) is 0 Å². The molecule has 4 aliphatic heterocycles. The van der Waals surface area contributed by atoms with Gasteiger partial charge in [0.2, 0.25) is 5.91 Å². The maximum Gasteiger partial charge on any atom is 0.418 e. The monoisotopic (exact) mass is 737 g/mol. The van der Waals surface area contributed by atoms with Gasteiger partial charge in [-0.2, -0.15) is 13.2 Å². The van der Waals surface area contributed by atoms with Crippen molar-refractivity contribution in [2.45, 2.75) is 71.1 Å². The standard InChI is InChI=1S/C26H38N6O4.C8H7ClF3N.C2H6/c33-24(30-15-13-29(14-16-30)21-8-17-36-18-9-21)19-27-25(34)31-10-6-22(7-11-31)32-12-5-20-3-1-2-4-23(20)28-26(32)35;1-4-2-5(8(10,11)12)7(13)6(9)3-4;1-2/h1-4,21-22H,5-19H2,(H,27,34)(H,28,35);2-3H,13H2,1H3;1-2H3. The highest BCUT2D eigenvalue weighted by molar-refractivity contribution is 6.33. The first-order valence-corrected chi connectivity index (χ1v) is 18.2. The first-order chi connectivity index (χ1) is 24.4. The number of halogens is 4. The zero-order chi connectivity index (χ0) is 37.1. The number of carbonyl (C=O) groups excluding carboxylic acids is 3. The van der Waals surface area contributed by atoms with Crippen LogP contribution < -0.4 is 16.4 Å². The summed E-state index contributed by atoms with van der Waals surface area (Å²) in [6.45, 7) is 12.2. The van der Waals surface area contributed by atoms with E-state index in [0.717, 1.165) is 75.7 Å². The summed E-state index contributed by atoms with van der Waals surface area (Å²) in [4.78, 5) is 46.2. The van der Waals surface area contributed by atoms with Crippen molar-refractivity contribution in [1.29, 1.82) is 0 Å². The number of ether oxygens (including phenoxy) is 1. The van der Waals surface area contributed by atoms with E-state index < -0.39 is 17.4 Å². The fraction of sp³-hybridized carbons (Fsp3) is 0.583. The molecule has 0 saturated carbocycles. The van der Waals surface area contributed by atoms with E-state index in [4.69, 9.17) is 22.1 Å². The molecule has 4 heterocycles. The van der Waals surface area contributed by atoms with Gasteiger partial charge in [0.1, 0.15) is 0 Å². The molecule has 5 amide bonds. The molecular weight excluding hydrogens is 687 g/mol. The Morgan fingerprint density at radius 2 is 1.59 bits per heavy atom. The number of piperidine rings is 1. The molecule has 51 heavy (non-hydrogen) atoms. The summed E-state index contributed by atoms with van der Waals surface area (Å²) in [7, 11) is 0. The molecule has 15 heteroatoms. The van der Waals surface area contributed by atoms with Crippen molar-refractivity contribution in [2.24, 2.45) is 0 Å². The first kappa shape index (κ1) is 40.0. The maximum atomic E-state index is 12.8. The Labute approximate surface area is 303 Å². The summed E-state index contributed by atoms with van der Waals surface area (Å²) >= 11 is 5.50. The highest BCUT2D eigenvalue weighted by Gasteiger charge is 2.34. The van der Waals surface area contributed by atoms with Gasteiger partial charge in [0.15, 0.2) is 0 Å². The van der Waals surface area contributed by atoms with Crippen molar-refractivity contribution in [3.05, 3.63) is 58.1 Å². The van der Waals surface area contributed by atoms with Crippen molar-refractivity contribution in [3.63, 3.8) is 0 Å². The molecule has 0 atom stereocenters. The van der Waals surface area contributed by atoms with E-state index in [-0.39, 0.29) is 35.6 Å². The predicted octanol–water partition coefficient (Wildman–Crippen LogP) is 5.85. The van der Waals surface area contributed by atoms with Gasteiger partial charge < -0.3 is 35.8 Å². The predicted molar refractivity (Wildman–Crippen MR) is 193 cm³/mol. The number of hydrogen-bond donors (Lipinski definition) is 3. The van der Waals surface area contributed by atoms with Gasteiger partial charge in [-0.25, -0.2) is 9.59 Å². The number of nitrogen functional groups attached to an aromatic ring is 1. The molecule has 3 saturated heterocycles. The number of piperazine rings is 1. The topological polar surface area (TPSA) is 123 Å². The Bertz CT molecular complexity index is 1480. The van der Waals surface area contributed by atoms with Crippen LogP contribution in [0.5, 0.6) is 0 Å². The third-order valence-corrected chi connectivity index (χ3v) is 9.99. The molecule has 6 rings (SSSR count). The third-order valence-electron chi connectivity index (χ3n) is 9.68. The molecule has 282 valence electrons. The number of urea groups is 2. The van der Waals surface area contributed by atoms with Crippen LogP contribution in [0.2, 0.25) is 5.02 Å².